The van der Waals surface area contributed by atoms with Crippen LogP contribution in [-0.4, -0.2) is 53.1 Å². The molecule has 12 heteroatoms. The van der Waals surface area contributed by atoms with Crippen LogP contribution in [0.3, 0.4) is 0 Å². The minimum Gasteiger partial charge on any atom is -0.461 e. The van der Waals surface area contributed by atoms with E-state index in [0.717, 1.165) is 44.7 Å². The summed E-state index contributed by atoms with van der Waals surface area (Å²) < 4.78 is 25.3. The summed E-state index contributed by atoms with van der Waals surface area (Å²) in [5.41, 5.74) is 66.1. The summed E-state index contributed by atoms with van der Waals surface area (Å²) in [4.78, 5) is 18.0. The van der Waals surface area contributed by atoms with Gasteiger partial charge in [0.25, 0.3) is 0 Å². The van der Waals surface area contributed by atoms with Gasteiger partial charge in [-0.1, -0.05) is 0 Å². The molecule has 0 atom stereocenters. The van der Waals surface area contributed by atoms with Crippen molar-refractivity contribution in [1.29, 1.82) is 0 Å². The van der Waals surface area contributed by atoms with E-state index in [1.807, 2.05) is 36.5 Å². The van der Waals surface area contributed by atoms with Crippen LogP contribution < -0.4 is 0 Å². The molecule has 714 valence electrons. The van der Waals surface area contributed by atoms with Crippen molar-refractivity contribution in [1.82, 2.24) is 24.1 Å². The van der Waals surface area contributed by atoms with Crippen LogP contribution in [0, 0.1) is 353 Å². The third-order valence-electron chi connectivity index (χ3n) is 33.1. The summed E-state index contributed by atoms with van der Waals surface area (Å²) in [6, 6.07) is 0. The van der Waals surface area contributed by atoms with E-state index in [9.17, 15) is 0 Å². The van der Waals surface area contributed by atoms with Crippen molar-refractivity contribution in [3.63, 3.8) is 0 Å². The molecular formula is C122H159N5O2S3Se2. The molecule has 0 saturated heterocycles. The molecule has 0 bridgehead atoms. The van der Waals surface area contributed by atoms with E-state index in [0.29, 0.717) is 29.0 Å². The Hall–Kier alpha value is -8.67. The maximum atomic E-state index is 5.85. The second-order valence-corrected chi connectivity index (χ2v) is 49.0. The molecule has 18 rings (SSSR count). The van der Waals surface area contributed by atoms with Crippen molar-refractivity contribution in [3.05, 3.63) is 279 Å². The number of furan rings is 1. The van der Waals surface area contributed by atoms with Crippen LogP contribution in [-0.2, 0) is 14.1 Å². The van der Waals surface area contributed by atoms with Crippen LogP contribution in [0.15, 0.2) is 8.83 Å². The molecule has 0 aliphatic rings. The standard InChI is InChI=1S/C15H21N.C14H18O.2C14H18S.2C14H18Se.C13H18N2.C12H15NO.C12H15NS/c1-8-9(2)11(4)15-14(10(8)3)12(5)13(6)16(15)7;1-7-8(2)10(4)14-13(9(7)3)11(5)12(6)15-14;1-7-8(2)10(4)14-12(6)15-11(5)13(14)9(7)3;1-7-8(2)10(4)14-13(9(7)3)11(5)12(6)15-14;1-7-8(2)10(4)14-12(6)15-11(5)13(14)9(7)3;1-7-8(2)10(4)14-13(9(7)3)11(5)12(6)15-14;1-7-8(2)10(4)13-12(9(7)3)14-11(5)15(13)6;2*1-6-7(2)9(4)12-11(8(6)3)13-10(5)14-12/h1-7H3;6*1-6H3;2*1-5H3. The van der Waals surface area contributed by atoms with Gasteiger partial charge in [0.05, 0.1) is 31.8 Å². The van der Waals surface area contributed by atoms with Crippen molar-refractivity contribution in [3.8, 4) is 0 Å². The van der Waals surface area contributed by atoms with E-state index in [4.69, 9.17) is 8.83 Å². The van der Waals surface area contributed by atoms with E-state index in [1.54, 1.807) is 45.1 Å². The van der Waals surface area contributed by atoms with Crippen LogP contribution in [0.4, 0.5) is 0 Å². The quantitative estimate of drug-likeness (QED) is 0.141. The summed E-state index contributed by atoms with van der Waals surface area (Å²) in [6.45, 7) is 112. The number of imidazole rings is 1. The van der Waals surface area contributed by atoms with Gasteiger partial charge < -0.3 is 18.0 Å². The summed E-state index contributed by atoms with van der Waals surface area (Å²) >= 11 is 6.85. The van der Waals surface area contributed by atoms with Gasteiger partial charge in [-0.05, 0) is 452 Å². The smallest absolute Gasteiger partial charge is 0.192 e. The third kappa shape index (κ3) is 19.0. The first kappa shape index (κ1) is 107. The first-order valence-electron chi connectivity index (χ1n) is 48.0. The van der Waals surface area contributed by atoms with Gasteiger partial charge in [0.2, 0.25) is 0 Å². The van der Waals surface area contributed by atoms with E-state index in [1.165, 1.54) is 296 Å². The number of nitrogens with zero attached hydrogens (tertiary/aromatic N) is 5. The van der Waals surface area contributed by atoms with Gasteiger partial charge in [-0.25, -0.2) is 15.0 Å². The summed E-state index contributed by atoms with van der Waals surface area (Å²) in [5, 5.41) is 13.1. The van der Waals surface area contributed by atoms with Crippen molar-refractivity contribution in [2.75, 3.05) is 0 Å². The number of thiophene rings is 2. The Balaban J connectivity index is 0.000000156. The molecule has 9 aromatic heterocycles. The molecule has 0 unspecified atom stereocenters. The van der Waals surface area contributed by atoms with E-state index < -0.39 is 0 Å². The summed E-state index contributed by atoms with van der Waals surface area (Å²) in [7, 11) is 4.26. The number of thiazole rings is 1. The van der Waals surface area contributed by atoms with Gasteiger partial charge in [-0.3, -0.25) is 0 Å². The average Bonchev–Trinajstić information content (AvgIpc) is 1.58. The molecule has 7 nitrogen and oxygen atoms in total. The molecule has 0 radical (unpaired) electrons. The normalized spacial score (nSPS) is 11.3. The fourth-order valence-corrected chi connectivity index (χ4v) is 29.1. The van der Waals surface area contributed by atoms with Crippen LogP contribution >= 0.6 is 34.0 Å². The minimum absolute atomic E-state index is 0.576. The first-order valence-corrected chi connectivity index (χ1v) is 53.9. The Bertz CT molecular complexity index is 6880. The van der Waals surface area contributed by atoms with Gasteiger partial charge in [0, 0.05) is 56.8 Å². The Morgan fingerprint density at radius 1 is 0.209 bits per heavy atom. The van der Waals surface area contributed by atoms with E-state index in [-0.39, 0.29) is 0 Å². The van der Waals surface area contributed by atoms with Crippen LogP contribution in [0.25, 0.3) is 95.5 Å². The maximum absolute atomic E-state index is 5.85. The van der Waals surface area contributed by atoms with Crippen molar-refractivity contribution in [2.24, 2.45) is 14.1 Å². The molecule has 0 saturated carbocycles. The fourth-order valence-electron chi connectivity index (χ4n) is 20.5. The molecule has 18 aromatic rings. The zero-order valence-corrected chi connectivity index (χ0v) is 98.5. The van der Waals surface area contributed by atoms with Crippen molar-refractivity contribution >= 4 is 159 Å². The molecule has 9 aromatic carbocycles. The van der Waals surface area contributed by atoms with Gasteiger partial charge in [-0.15, -0.1) is 34.0 Å². The van der Waals surface area contributed by atoms with Gasteiger partial charge >= 0.3 is 196 Å². The van der Waals surface area contributed by atoms with E-state index in [2.05, 4.69) is 377 Å². The SMILES string of the molecule is Cc1[se]c2c(C)c(C)c(C)c(C)c2c1C.Cc1c(C)c(C)c2c(C)[se]c(C)c2c1C.Cc1c(C)c(C)c2c(C)sc(C)c2c1C.Cc1c(C)c(C)c2c(c1C)c(C)c(C)n2C.Cc1c(C)c(C)c2c(nc(C)n2C)c1C.Cc1nc2c(C)c(C)c(C)c(C)c2o1.Cc1nc2c(C)c(C)c(C)c(C)c2s1.Cc1oc2c(C)c(C)c(C)c(C)c2c1C.Cc1sc2c(C)c(C)c(C)c(C)c2c1C. The zero-order chi connectivity index (χ0) is 101. The molecule has 0 aliphatic heterocycles. The topological polar surface area (TPSA) is 74.8 Å². The Morgan fingerprint density at radius 3 is 1.04 bits per heavy atom. The number of oxazole rings is 1. The molecule has 0 fully saturated rings. The molecule has 0 aliphatic carbocycles. The summed E-state index contributed by atoms with van der Waals surface area (Å²) in [6.07, 6.45) is 0. The van der Waals surface area contributed by atoms with Gasteiger partial charge in [-0.2, -0.15) is 0 Å². The first-order chi connectivity index (χ1) is 62.1. The molecule has 0 spiro atoms. The summed E-state index contributed by atoms with van der Waals surface area (Å²) in [5.74, 6) is 2.87. The van der Waals surface area contributed by atoms with Gasteiger partial charge in [0.1, 0.15) is 22.7 Å². The van der Waals surface area contributed by atoms with Gasteiger partial charge in [0.15, 0.2) is 11.5 Å². The number of benzene rings is 9. The third-order valence-corrected chi connectivity index (χ3v) is 41.5. The number of fused-ring (bicyclic) bond motifs is 9. The Kier molecular flexibility index (Phi) is 33.0. The zero-order valence-electron chi connectivity index (χ0n) is 92.6. The predicted octanol–water partition coefficient (Wildman–Crippen LogP) is 35.6. The average molecular weight is 1980 g/mol. The second kappa shape index (κ2) is 41.2. The second-order valence-electron chi connectivity index (χ2n) is 39.6. The number of hydrogen-bond donors (Lipinski definition) is 0. The minimum atomic E-state index is 0.576. The monoisotopic (exact) mass is 1980 g/mol. The number of rotatable bonds is 0. The maximum Gasteiger partial charge on any atom is 0.192 e. The largest absolute Gasteiger partial charge is 0.461 e. The van der Waals surface area contributed by atoms with E-state index >= 15 is 0 Å². The van der Waals surface area contributed by atoms with Crippen LogP contribution in [0.5, 0.6) is 0 Å². The molecule has 0 amide bonds. The molecular weight excluding hydrogens is 1820 g/mol. The number of hydrogen-bond acceptors (Lipinski definition) is 8. The Morgan fingerprint density at radius 2 is 0.567 bits per heavy atom. The van der Waals surface area contributed by atoms with Crippen molar-refractivity contribution in [2.45, 2.75) is 353 Å². The molecule has 0 N–H and O–H groups in total. The molecule has 9 heterocycles. The van der Waals surface area contributed by atoms with Crippen LogP contribution in [0.2, 0.25) is 0 Å². The van der Waals surface area contributed by atoms with Crippen molar-refractivity contribution < 1.29 is 8.83 Å². The number of aromatic nitrogens is 5. The van der Waals surface area contributed by atoms with Crippen LogP contribution in [0.1, 0.15) is 279 Å². The molecule has 134 heavy (non-hydrogen) atoms. The predicted molar refractivity (Wildman–Crippen MR) is 600 cm³/mol. The fraction of sp³-hybridized carbons (Fsp3) is 0.434. The Labute approximate surface area is 830 Å². The number of aryl methyl sites for hydroxylation is 34.